The molecule has 0 radical (unpaired) electrons. The summed E-state index contributed by atoms with van der Waals surface area (Å²) in [5, 5.41) is 18.0. The lowest BCUT2D eigenvalue weighted by Crippen LogP contribution is -1.89. The normalized spacial score (nSPS) is 10.8. The van der Waals surface area contributed by atoms with Crippen molar-refractivity contribution in [2.45, 2.75) is 0 Å². The molecule has 0 atom stereocenters. The molecule has 0 heterocycles. The van der Waals surface area contributed by atoms with E-state index in [2.05, 4.69) is 9.98 Å². The van der Waals surface area contributed by atoms with Crippen LogP contribution in [0.15, 0.2) is 70.6 Å². The van der Waals surface area contributed by atoms with Gasteiger partial charge in [0.2, 0.25) is 0 Å². The van der Waals surface area contributed by atoms with Crippen molar-refractivity contribution in [3.05, 3.63) is 82.9 Å². The number of nitrogen functional groups attached to an aromatic ring is 2. The lowest BCUT2D eigenvalue weighted by atomic mass is 10.1. The molecule has 0 aliphatic rings. The summed E-state index contributed by atoms with van der Waals surface area (Å²) in [5.41, 5.74) is 16.2. The number of nitrogens with two attached hydrogens (primary N) is 2. The predicted molar refractivity (Wildman–Crippen MR) is 112 cm³/mol. The van der Waals surface area contributed by atoms with E-state index < -0.39 is 0 Å². The van der Waals surface area contributed by atoms with Gasteiger partial charge in [-0.3, -0.25) is 9.98 Å². The first-order valence-electron chi connectivity index (χ1n) is 8.36. The Balaban J connectivity index is 1.72. The third kappa shape index (κ3) is 4.40. The van der Waals surface area contributed by atoms with Crippen LogP contribution in [-0.4, -0.2) is 12.4 Å². The Morgan fingerprint density at radius 2 is 1.04 bits per heavy atom. The molecule has 0 bridgehead atoms. The van der Waals surface area contributed by atoms with Crippen LogP contribution in [0, 0.1) is 22.7 Å². The Morgan fingerprint density at radius 1 is 0.643 bits per heavy atom. The summed E-state index contributed by atoms with van der Waals surface area (Å²) in [6, 6.07) is 21.9. The Kier molecular flexibility index (Phi) is 5.45. The highest BCUT2D eigenvalue weighted by atomic mass is 14.7. The molecular formula is C22H16N6. The zero-order valence-corrected chi connectivity index (χ0v) is 14.9. The van der Waals surface area contributed by atoms with Crippen molar-refractivity contribution in [3.63, 3.8) is 0 Å². The van der Waals surface area contributed by atoms with Crippen LogP contribution in [0.1, 0.15) is 22.3 Å². The lowest BCUT2D eigenvalue weighted by Gasteiger charge is -2.00. The van der Waals surface area contributed by atoms with Crippen molar-refractivity contribution in [1.29, 1.82) is 10.5 Å². The van der Waals surface area contributed by atoms with Crippen LogP contribution < -0.4 is 11.5 Å². The minimum Gasteiger partial charge on any atom is -0.398 e. The zero-order valence-electron chi connectivity index (χ0n) is 14.9. The number of rotatable bonds is 4. The molecule has 0 aliphatic heterocycles. The SMILES string of the molecule is N#Cc1cc(N=Cc2ccc(C=Nc3ccc(N)c(C#N)c3)cc2)ccc1N. The molecule has 0 aromatic heterocycles. The van der Waals surface area contributed by atoms with E-state index in [1.165, 1.54) is 0 Å². The number of nitriles is 2. The van der Waals surface area contributed by atoms with Gasteiger partial charge in [0.15, 0.2) is 0 Å². The molecule has 3 aromatic carbocycles. The summed E-state index contributed by atoms with van der Waals surface area (Å²) < 4.78 is 0. The summed E-state index contributed by atoms with van der Waals surface area (Å²) in [6.07, 6.45) is 3.43. The Labute approximate surface area is 162 Å². The van der Waals surface area contributed by atoms with Crippen molar-refractivity contribution in [2.24, 2.45) is 9.98 Å². The van der Waals surface area contributed by atoms with Crippen LogP contribution in [0.3, 0.4) is 0 Å². The molecule has 0 spiro atoms. The van der Waals surface area contributed by atoms with Gasteiger partial charge in [-0.15, -0.1) is 0 Å². The fraction of sp³-hybridized carbons (Fsp3) is 0. The largest absolute Gasteiger partial charge is 0.398 e. The molecule has 0 aliphatic carbocycles. The van der Waals surface area contributed by atoms with Crippen LogP contribution in [-0.2, 0) is 0 Å². The van der Waals surface area contributed by atoms with Gasteiger partial charge in [0.1, 0.15) is 12.1 Å². The number of benzene rings is 3. The average molecular weight is 364 g/mol. The van der Waals surface area contributed by atoms with Gasteiger partial charge in [-0.2, -0.15) is 10.5 Å². The molecule has 6 nitrogen and oxygen atoms in total. The first kappa shape index (κ1) is 18.4. The molecule has 3 rings (SSSR count). The van der Waals surface area contributed by atoms with Crippen molar-refractivity contribution in [3.8, 4) is 12.1 Å². The first-order chi connectivity index (χ1) is 13.6. The van der Waals surface area contributed by atoms with E-state index in [0.717, 1.165) is 11.1 Å². The van der Waals surface area contributed by atoms with Crippen LogP contribution in [0.4, 0.5) is 22.7 Å². The molecule has 3 aromatic rings. The molecule has 4 N–H and O–H groups in total. The van der Waals surface area contributed by atoms with Crippen LogP contribution >= 0.6 is 0 Å². The molecule has 28 heavy (non-hydrogen) atoms. The number of hydrogen-bond acceptors (Lipinski definition) is 6. The molecule has 0 unspecified atom stereocenters. The van der Waals surface area contributed by atoms with Gasteiger partial charge in [-0.25, -0.2) is 0 Å². The summed E-state index contributed by atoms with van der Waals surface area (Å²) >= 11 is 0. The number of aliphatic imine (C=N–C) groups is 2. The van der Waals surface area contributed by atoms with Gasteiger partial charge in [0, 0.05) is 23.8 Å². The average Bonchev–Trinajstić information content (AvgIpc) is 2.73. The molecule has 0 fully saturated rings. The van der Waals surface area contributed by atoms with E-state index in [1.54, 1.807) is 48.8 Å². The molecular weight excluding hydrogens is 348 g/mol. The highest BCUT2D eigenvalue weighted by Gasteiger charge is 2.00. The van der Waals surface area contributed by atoms with Gasteiger partial charge in [0.05, 0.1) is 22.5 Å². The van der Waals surface area contributed by atoms with Gasteiger partial charge in [0.25, 0.3) is 0 Å². The molecule has 0 saturated carbocycles. The topological polar surface area (TPSA) is 124 Å². The van der Waals surface area contributed by atoms with Crippen LogP contribution in [0.2, 0.25) is 0 Å². The summed E-state index contributed by atoms with van der Waals surface area (Å²) in [5.74, 6) is 0. The molecule has 134 valence electrons. The second kappa shape index (κ2) is 8.31. The monoisotopic (exact) mass is 364 g/mol. The van der Waals surface area contributed by atoms with Crippen molar-refractivity contribution in [1.82, 2.24) is 0 Å². The van der Waals surface area contributed by atoms with Gasteiger partial charge >= 0.3 is 0 Å². The molecule has 6 heteroatoms. The van der Waals surface area contributed by atoms with Crippen molar-refractivity contribution in [2.75, 3.05) is 11.5 Å². The van der Waals surface area contributed by atoms with E-state index in [4.69, 9.17) is 22.0 Å². The minimum atomic E-state index is 0.406. The van der Waals surface area contributed by atoms with Crippen molar-refractivity contribution < 1.29 is 0 Å². The zero-order chi connectivity index (χ0) is 19.9. The Morgan fingerprint density at radius 3 is 1.39 bits per heavy atom. The summed E-state index contributed by atoms with van der Waals surface area (Å²) in [4.78, 5) is 8.74. The third-order valence-corrected chi connectivity index (χ3v) is 3.98. The summed E-state index contributed by atoms with van der Waals surface area (Å²) in [7, 11) is 0. The van der Waals surface area contributed by atoms with E-state index >= 15 is 0 Å². The Bertz CT molecular complexity index is 1050. The fourth-order valence-electron chi connectivity index (χ4n) is 2.41. The Hall–Kier alpha value is -4.42. The van der Waals surface area contributed by atoms with E-state index in [1.807, 2.05) is 36.4 Å². The van der Waals surface area contributed by atoms with Gasteiger partial charge in [-0.1, -0.05) is 24.3 Å². The minimum absolute atomic E-state index is 0.406. The smallest absolute Gasteiger partial charge is 0.101 e. The maximum atomic E-state index is 9.02. The first-order valence-corrected chi connectivity index (χ1v) is 8.36. The second-order valence-electron chi connectivity index (χ2n) is 5.95. The number of anilines is 2. The van der Waals surface area contributed by atoms with Crippen molar-refractivity contribution >= 4 is 35.2 Å². The van der Waals surface area contributed by atoms with Gasteiger partial charge in [-0.05, 0) is 47.5 Å². The van der Waals surface area contributed by atoms with E-state index in [9.17, 15) is 0 Å². The van der Waals surface area contributed by atoms with Gasteiger partial charge < -0.3 is 11.5 Å². The fourth-order valence-corrected chi connectivity index (χ4v) is 2.41. The second-order valence-corrected chi connectivity index (χ2v) is 5.95. The number of nitrogens with zero attached hydrogens (tertiary/aromatic N) is 4. The van der Waals surface area contributed by atoms with E-state index in [-0.39, 0.29) is 0 Å². The molecule has 0 saturated heterocycles. The number of hydrogen-bond donors (Lipinski definition) is 2. The lowest BCUT2D eigenvalue weighted by molar-refractivity contribution is 1.45. The third-order valence-electron chi connectivity index (χ3n) is 3.98. The van der Waals surface area contributed by atoms with Crippen LogP contribution in [0.25, 0.3) is 0 Å². The maximum Gasteiger partial charge on any atom is 0.101 e. The summed E-state index contributed by atoms with van der Waals surface area (Å²) in [6.45, 7) is 0. The van der Waals surface area contributed by atoms with E-state index in [0.29, 0.717) is 33.9 Å². The molecule has 0 amide bonds. The highest BCUT2D eigenvalue weighted by Crippen LogP contribution is 2.20. The quantitative estimate of drug-likeness (QED) is 0.534. The highest BCUT2D eigenvalue weighted by molar-refractivity contribution is 5.86. The predicted octanol–water partition coefficient (Wildman–Crippen LogP) is 4.10. The maximum absolute atomic E-state index is 9.02. The standard InChI is InChI=1S/C22H16N6/c23-11-17-9-19(5-7-21(17)25)27-13-15-1-2-16(4-3-15)14-28-20-6-8-22(26)18(10-20)12-24/h1-10,13-14H,25-26H2. The van der Waals surface area contributed by atoms with Crippen LogP contribution in [0.5, 0.6) is 0 Å².